The third-order valence-electron chi connectivity index (χ3n) is 3.73. The molecular weight excluding hydrogens is 375 g/mol. The Balaban J connectivity index is 1.83. The zero-order valence-electron chi connectivity index (χ0n) is 14.5. The molecule has 0 fully saturated rings. The molecule has 0 aliphatic heterocycles. The van der Waals surface area contributed by atoms with E-state index in [4.69, 9.17) is 27.9 Å². The second-order valence-corrected chi connectivity index (χ2v) is 6.67. The molecule has 2 amide bonds. The maximum atomic E-state index is 12.3. The Hall–Kier alpha value is -2.24. The molecule has 0 bridgehead atoms. The first-order valence-corrected chi connectivity index (χ1v) is 8.85. The lowest BCUT2D eigenvalue weighted by Crippen LogP contribution is -2.45. The van der Waals surface area contributed by atoms with Crippen molar-refractivity contribution in [1.29, 1.82) is 0 Å². The molecule has 2 atom stereocenters. The van der Waals surface area contributed by atoms with E-state index < -0.39 is 12.1 Å². The number of carbonyl (C=O) groups is 2. The van der Waals surface area contributed by atoms with Crippen molar-refractivity contribution in [3.63, 3.8) is 0 Å². The van der Waals surface area contributed by atoms with E-state index in [1.165, 1.54) is 0 Å². The molecule has 7 heteroatoms. The Morgan fingerprint density at radius 1 is 1.04 bits per heavy atom. The number of ether oxygens (including phenoxy) is 1. The average molecular weight is 395 g/mol. The summed E-state index contributed by atoms with van der Waals surface area (Å²) in [7, 11) is 0. The number of rotatable bonds is 6. The highest BCUT2D eigenvalue weighted by molar-refractivity contribution is 6.35. The lowest BCUT2D eigenvalue weighted by atomic mass is 10.1. The number of nitrogens with one attached hydrogen (secondary N) is 2. The van der Waals surface area contributed by atoms with Gasteiger partial charge in [-0.05, 0) is 37.1 Å². The summed E-state index contributed by atoms with van der Waals surface area (Å²) in [6, 6.07) is 13.3. The summed E-state index contributed by atoms with van der Waals surface area (Å²) >= 11 is 12.0. The highest BCUT2D eigenvalue weighted by atomic mass is 35.5. The van der Waals surface area contributed by atoms with E-state index in [0.29, 0.717) is 10.0 Å². The van der Waals surface area contributed by atoms with E-state index in [1.54, 1.807) is 32.0 Å². The van der Waals surface area contributed by atoms with E-state index >= 15 is 0 Å². The maximum absolute atomic E-state index is 12.3. The molecule has 2 rings (SSSR count). The fourth-order valence-corrected chi connectivity index (χ4v) is 2.85. The van der Waals surface area contributed by atoms with Gasteiger partial charge >= 0.3 is 6.09 Å². The van der Waals surface area contributed by atoms with E-state index in [-0.39, 0.29) is 18.6 Å². The summed E-state index contributed by atoms with van der Waals surface area (Å²) in [5, 5.41) is 6.29. The summed E-state index contributed by atoms with van der Waals surface area (Å²) in [6.45, 7) is 3.51. The zero-order valence-corrected chi connectivity index (χ0v) is 16.0. The van der Waals surface area contributed by atoms with Gasteiger partial charge in [-0.3, -0.25) is 4.79 Å². The molecule has 2 aromatic rings. The molecule has 2 aromatic carbocycles. The van der Waals surface area contributed by atoms with Crippen LogP contribution in [-0.4, -0.2) is 18.0 Å². The van der Waals surface area contributed by atoms with E-state index in [9.17, 15) is 9.59 Å². The number of alkyl carbamates (subject to hydrolysis) is 1. The van der Waals surface area contributed by atoms with Crippen LogP contribution in [0.2, 0.25) is 10.0 Å². The number of hydrogen-bond donors (Lipinski definition) is 2. The third-order valence-corrected chi connectivity index (χ3v) is 4.29. The zero-order chi connectivity index (χ0) is 19.1. The topological polar surface area (TPSA) is 67.4 Å². The number of halogens is 2. The normalized spacial score (nSPS) is 12.8. The van der Waals surface area contributed by atoms with Crippen molar-refractivity contribution in [3.05, 3.63) is 69.7 Å². The van der Waals surface area contributed by atoms with E-state index in [2.05, 4.69) is 10.6 Å². The molecule has 0 radical (unpaired) electrons. The second kappa shape index (κ2) is 9.46. The minimum absolute atomic E-state index is 0.137. The molecule has 26 heavy (non-hydrogen) atoms. The van der Waals surface area contributed by atoms with Gasteiger partial charge < -0.3 is 15.4 Å². The largest absolute Gasteiger partial charge is 0.445 e. The highest BCUT2D eigenvalue weighted by Gasteiger charge is 2.20. The molecule has 1 unspecified atom stereocenters. The summed E-state index contributed by atoms with van der Waals surface area (Å²) in [6.07, 6.45) is -0.659. The molecule has 0 spiro atoms. The molecular formula is C19H20Cl2N2O3. The van der Waals surface area contributed by atoms with Crippen LogP contribution in [0.1, 0.15) is 31.0 Å². The van der Waals surface area contributed by atoms with Gasteiger partial charge in [-0.2, -0.15) is 0 Å². The van der Waals surface area contributed by atoms with Gasteiger partial charge in [-0.25, -0.2) is 4.79 Å². The van der Waals surface area contributed by atoms with Crippen molar-refractivity contribution < 1.29 is 14.3 Å². The second-order valence-electron chi connectivity index (χ2n) is 5.82. The molecule has 0 aliphatic carbocycles. The van der Waals surface area contributed by atoms with Crippen LogP contribution >= 0.6 is 23.2 Å². The van der Waals surface area contributed by atoms with E-state index in [1.807, 2.05) is 30.3 Å². The lowest BCUT2D eigenvalue weighted by molar-refractivity contribution is -0.123. The predicted octanol–water partition coefficient (Wildman–Crippen LogP) is 4.49. The number of benzene rings is 2. The Labute approximate surface area is 162 Å². The number of carbonyl (C=O) groups excluding carboxylic acids is 2. The average Bonchev–Trinajstić information content (AvgIpc) is 2.60. The smallest absolute Gasteiger partial charge is 0.408 e. The minimum Gasteiger partial charge on any atom is -0.445 e. The van der Waals surface area contributed by atoms with Crippen molar-refractivity contribution in [1.82, 2.24) is 10.6 Å². The predicted molar refractivity (Wildman–Crippen MR) is 102 cm³/mol. The Kier molecular flexibility index (Phi) is 7.30. The standard InChI is InChI=1S/C19H20Cl2N2O3/c1-12(16-9-8-15(20)10-17(16)21)22-18(24)13(2)23-19(25)26-11-14-6-4-3-5-7-14/h3-10,12-13H,11H2,1-2H3,(H,22,24)(H,23,25)/t12?,13-/m0/s1. The van der Waals surface area contributed by atoms with Crippen molar-refractivity contribution >= 4 is 35.2 Å². The van der Waals surface area contributed by atoms with Crippen LogP contribution in [-0.2, 0) is 16.1 Å². The molecule has 5 nitrogen and oxygen atoms in total. The Morgan fingerprint density at radius 2 is 1.73 bits per heavy atom. The van der Waals surface area contributed by atoms with Crippen LogP contribution in [0.3, 0.4) is 0 Å². The van der Waals surface area contributed by atoms with Crippen molar-refractivity contribution in [2.75, 3.05) is 0 Å². The monoisotopic (exact) mass is 394 g/mol. The summed E-state index contributed by atoms with van der Waals surface area (Å²) in [4.78, 5) is 24.1. The SMILES string of the molecule is CC(NC(=O)[C@H](C)NC(=O)OCc1ccccc1)c1ccc(Cl)cc1Cl. The van der Waals surface area contributed by atoms with Gasteiger partial charge in [-0.1, -0.05) is 59.6 Å². The molecule has 138 valence electrons. The first-order chi connectivity index (χ1) is 12.4. The quantitative estimate of drug-likeness (QED) is 0.758. The lowest BCUT2D eigenvalue weighted by Gasteiger charge is -2.19. The van der Waals surface area contributed by atoms with Gasteiger partial charge in [0.15, 0.2) is 0 Å². The first-order valence-electron chi connectivity index (χ1n) is 8.09. The van der Waals surface area contributed by atoms with Gasteiger partial charge in [0.2, 0.25) is 5.91 Å². The highest BCUT2D eigenvalue weighted by Crippen LogP contribution is 2.26. The van der Waals surface area contributed by atoms with Crippen LogP contribution < -0.4 is 10.6 Å². The van der Waals surface area contributed by atoms with Crippen LogP contribution in [0.5, 0.6) is 0 Å². The molecule has 0 saturated heterocycles. The first kappa shape index (κ1) is 20.1. The third kappa shape index (κ3) is 5.93. The van der Waals surface area contributed by atoms with Crippen LogP contribution in [0, 0.1) is 0 Å². The van der Waals surface area contributed by atoms with Crippen LogP contribution in [0.25, 0.3) is 0 Å². The molecule has 0 aromatic heterocycles. The van der Waals surface area contributed by atoms with Crippen LogP contribution in [0.4, 0.5) is 4.79 Å². The summed E-state index contributed by atoms with van der Waals surface area (Å²) < 4.78 is 5.10. The van der Waals surface area contributed by atoms with Crippen molar-refractivity contribution in [3.8, 4) is 0 Å². The summed E-state index contributed by atoms with van der Waals surface area (Å²) in [5.74, 6) is -0.347. The summed E-state index contributed by atoms with van der Waals surface area (Å²) in [5.41, 5.74) is 1.61. The minimum atomic E-state index is -0.758. The molecule has 0 aliphatic rings. The molecule has 2 N–H and O–H groups in total. The number of hydrogen-bond acceptors (Lipinski definition) is 3. The van der Waals surface area contributed by atoms with Gasteiger partial charge in [0, 0.05) is 10.0 Å². The van der Waals surface area contributed by atoms with Crippen molar-refractivity contribution in [2.45, 2.75) is 32.5 Å². The fraction of sp³-hybridized carbons (Fsp3) is 0.263. The Morgan fingerprint density at radius 3 is 2.38 bits per heavy atom. The molecule has 0 heterocycles. The van der Waals surface area contributed by atoms with Gasteiger partial charge in [0.25, 0.3) is 0 Å². The van der Waals surface area contributed by atoms with Crippen LogP contribution in [0.15, 0.2) is 48.5 Å². The number of amides is 2. The van der Waals surface area contributed by atoms with Gasteiger partial charge in [-0.15, -0.1) is 0 Å². The van der Waals surface area contributed by atoms with Gasteiger partial charge in [0.1, 0.15) is 12.6 Å². The van der Waals surface area contributed by atoms with Crippen molar-refractivity contribution in [2.24, 2.45) is 0 Å². The fourth-order valence-electron chi connectivity index (χ4n) is 2.28. The molecule has 0 saturated carbocycles. The Bertz CT molecular complexity index is 769. The van der Waals surface area contributed by atoms with E-state index in [0.717, 1.165) is 11.1 Å². The maximum Gasteiger partial charge on any atom is 0.408 e. The van der Waals surface area contributed by atoms with Gasteiger partial charge in [0.05, 0.1) is 6.04 Å².